The Bertz CT molecular complexity index is 420. The molecule has 0 aliphatic heterocycles. The van der Waals surface area contributed by atoms with Crippen molar-refractivity contribution >= 4 is 0 Å². The molecule has 16 heavy (non-hydrogen) atoms. The number of hydrogen-bond acceptors (Lipinski definition) is 3. The van der Waals surface area contributed by atoms with Crippen LogP contribution >= 0.6 is 0 Å². The lowest BCUT2D eigenvalue weighted by atomic mass is 9.98. The summed E-state index contributed by atoms with van der Waals surface area (Å²) in [7, 11) is 1.55. The van der Waals surface area contributed by atoms with Gasteiger partial charge in [-0.05, 0) is 37.8 Å². The van der Waals surface area contributed by atoms with E-state index in [1.165, 1.54) is 0 Å². The van der Waals surface area contributed by atoms with Gasteiger partial charge in [-0.1, -0.05) is 6.07 Å². The lowest BCUT2D eigenvalue weighted by Gasteiger charge is -2.16. The molecule has 1 saturated carbocycles. The summed E-state index contributed by atoms with van der Waals surface area (Å²) in [6.07, 6.45) is 2.15. The molecular weight excluding hydrogens is 204 g/mol. The molecule has 0 spiro atoms. The Morgan fingerprint density at radius 2 is 2.00 bits per heavy atom. The molecule has 0 radical (unpaired) electrons. The normalized spacial score (nSPS) is 17.2. The van der Waals surface area contributed by atoms with E-state index in [9.17, 15) is 10.2 Å². The van der Waals surface area contributed by atoms with Crippen LogP contribution in [0.3, 0.4) is 0 Å². The molecule has 0 aromatic heterocycles. The maximum Gasteiger partial charge on any atom is 0.163 e. The summed E-state index contributed by atoms with van der Waals surface area (Å²) in [6, 6.07) is 1.93. The molecule has 0 saturated heterocycles. The predicted molar refractivity (Wildman–Crippen MR) is 62.0 cm³/mol. The molecule has 1 aliphatic carbocycles. The molecular formula is C13H18O3. The molecule has 1 aromatic carbocycles. The van der Waals surface area contributed by atoms with Gasteiger partial charge in [0, 0.05) is 12.0 Å². The maximum absolute atomic E-state index is 10.0. The predicted octanol–water partition coefficient (Wildman–Crippen LogP) is 2.09. The van der Waals surface area contributed by atoms with E-state index < -0.39 is 5.60 Å². The second-order valence-electron chi connectivity index (χ2n) is 4.76. The Morgan fingerprint density at radius 1 is 1.38 bits per heavy atom. The van der Waals surface area contributed by atoms with E-state index in [1.54, 1.807) is 7.11 Å². The highest BCUT2D eigenvalue weighted by molar-refractivity contribution is 5.54. The van der Waals surface area contributed by atoms with Gasteiger partial charge in [-0.15, -0.1) is 0 Å². The van der Waals surface area contributed by atoms with Crippen molar-refractivity contribution in [1.82, 2.24) is 0 Å². The molecule has 1 aromatic rings. The third-order valence-electron chi connectivity index (χ3n) is 3.39. The number of hydrogen-bond donors (Lipinski definition) is 2. The third kappa shape index (κ3) is 1.87. The quantitative estimate of drug-likeness (QED) is 0.823. The van der Waals surface area contributed by atoms with Crippen LogP contribution in [0.5, 0.6) is 11.5 Å². The van der Waals surface area contributed by atoms with E-state index in [2.05, 4.69) is 0 Å². The van der Waals surface area contributed by atoms with Gasteiger partial charge in [-0.25, -0.2) is 0 Å². The highest BCUT2D eigenvalue weighted by atomic mass is 16.5. The first-order chi connectivity index (χ1) is 7.47. The monoisotopic (exact) mass is 222 g/mol. The van der Waals surface area contributed by atoms with Crippen molar-refractivity contribution in [3.05, 3.63) is 22.8 Å². The molecule has 2 N–H and O–H groups in total. The summed E-state index contributed by atoms with van der Waals surface area (Å²) in [5, 5.41) is 19.9. The third-order valence-corrected chi connectivity index (χ3v) is 3.39. The first kappa shape index (κ1) is 11.3. The summed E-state index contributed by atoms with van der Waals surface area (Å²) in [4.78, 5) is 0. The largest absolute Gasteiger partial charge is 0.504 e. The van der Waals surface area contributed by atoms with Crippen molar-refractivity contribution < 1.29 is 14.9 Å². The minimum Gasteiger partial charge on any atom is -0.504 e. The van der Waals surface area contributed by atoms with Crippen molar-refractivity contribution in [1.29, 1.82) is 0 Å². The topological polar surface area (TPSA) is 49.7 Å². The summed E-state index contributed by atoms with van der Waals surface area (Å²) >= 11 is 0. The van der Waals surface area contributed by atoms with E-state index in [1.807, 2.05) is 19.9 Å². The summed E-state index contributed by atoms with van der Waals surface area (Å²) in [5.74, 6) is 0.699. The highest BCUT2D eigenvalue weighted by Gasteiger charge is 2.41. The highest BCUT2D eigenvalue weighted by Crippen LogP contribution is 2.43. The lowest BCUT2D eigenvalue weighted by Crippen LogP contribution is -2.11. The van der Waals surface area contributed by atoms with Crippen molar-refractivity contribution in [3.8, 4) is 11.5 Å². The molecule has 0 amide bonds. The second-order valence-corrected chi connectivity index (χ2v) is 4.76. The molecule has 3 heteroatoms. The van der Waals surface area contributed by atoms with Crippen LogP contribution in [-0.2, 0) is 6.42 Å². The molecule has 88 valence electrons. The van der Waals surface area contributed by atoms with Crippen molar-refractivity contribution in [2.75, 3.05) is 7.11 Å². The van der Waals surface area contributed by atoms with E-state index in [0.29, 0.717) is 12.2 Å². The average Bonchev–Trinajstić information content (AvgIpc) is 2.94. The van der Waals surface area contributed by atoms with Gasteiger partial charge in [0.2, 0.25) is 0 Å². The SMILES string of the molecule is COc1c(C)c(C)cc(CC2(O)CC2)c1O. The van der Waals surface area contributed by atoms with Crippen LogP contribution in [0, 0.1) is 13.8 Å². The maximum atomic E-state index is 10.0. The van der Waals surface area contributed by atoms with Gasteiger partial charge in [-0.3, -0.25) is 0 Å². The first-order valence-corrected chi connectivity index (χ1v) is 5.55. The molecule has 0 unspecified atom stereocenters. The smallest absolute Gasteiger partial charge is 0.163 e. The molecule has 1 fully saturated rings. The van der Waals surface area contributed by atoms with Gasteiger partial charge >= 0.3 is 0 Å². The first-order valence-electron chi connectivity index (χ1n) is 5.55. The summed E-state index contributed by atoms with van der Waals surface area (Å²) in [6.45, 7) is 3.90. The van der Waals surface area contributed by atoms with Crippen LogP contribution in [0.2, 0.25) is 0 Å². The number of aromatic hydroxyl groups is 1. The standard InChI is InChI=1S/C13H18O3/c1-8-6-10(7-13(15)4-5-13)11(14)12(16-3)9(8)2/h6,14-15H,4-5,7H2,1-3H3. The molecule has 0 heterocycles. The van der Waals surface area contributed by atoms with Crippen LogP contribution in [0.1, 0.15) is 29.5 Å². The zero-order valence-electron chi connectivity index (χ0n) is 10.0. The molecule has 3 nitrogen and oxygen atoms in total. The summed E-state index contributed by atoms with van der Waals surface area (Å²) in [5.41, 5.74) is 2.21. The molecule has 1 aliphatic rings. The van der Waals surface area contributed by atoms with E-state index in [4.69, 9.17) is 4.74 Å². The average molecular weight is 222 g/mol. The van der Waals surface area contributed by atoms with Gasteiger partial charge in [0.15, 0.2) is 11.5 Å². The van der Waals surface area contributed by atoms with Crippen LogP contribution in [0.15, 0.2) is 6.07 Å². The number of methoxy groups -OCH3 is 1. The van der Waals surface area contributed by atoms with Gasteiger partial charge in [0.1, 0.15) is 0 Å². The van der Waals surface area contributed by atoms with Gasteiger partial charge in [0.25, 0.3) is 0 Å². The van der Waals surface area contributed by atoms with Gasteiger partial charge in [0.05, 0.1) is 12.7 Å². The van der Waals surface area contributed by atoms with E-state index in [-0.39, 0.29) is 5.75 Å². The number of ether oxygens (including phenoxy) is 1. The summed E-state index contributed by atoms with van der Waals surface area (Å²) < 4.78 is 5.20. The minimum absolute atomic E-state index is 0.172. The number of benzene rings is 1. The van der Waals surface area contributed by atoms with E-state index >= 15 is 0 Å². The lowest BCUT2D eigenvalue weighted by molar-refractivity contribution is 0.149. The fourth-order valence-corrected chi connectivity index (χ4v) is 2.00. The number of phenolic OH excluding ortho intramolecular Hbond substituents is 1. The minimum atomic E-state index is -0.593. The fourth-order valence-electron chi connectivity index (χ4n) is 2.00. The van der Waals surface area contributed by atoms with Crippen molar-refractivity contribution in [2.45, 2.75) is 38.7 Å². The number of aliphatic hydroxyl groups is 1. The fraction of sp³-hybridized carbons (Fsp3) is 0.538. The van der Waals surface area contributed by atoms with Crippen LogP contribution in [0.25, 0.3) is 0 Å². The van der Waals surface area contributed by atoms with Crippen molar-refractivity contribution in [2.24, 2.45) is 0 Å². The molecule has 0 bridgehead atoms. The van der Waals surface area contributed by atoms with Gasteiger partial charge < -0.3 is 14.9 Å². The zero-order chi connectivity index (χ0) is 11.9. The Hall–Kier alpha value is -1.22. The Kier molecular flexibility index (Phi) is 2.58. The number of phenols is 1. The Labute approximate surface area is 95.7 Å². The van der Waals surface area contributed by atoms with Gasteiger partial charge in [-0.2, -0.15) is 0 Å². The van der Waals surface area contributed by atoms with Crippen LogP contribution in [0.4, 0.5) is 0 Å². The number of aryl methyl sites for hydroxylation is 1. The Morgan fingerprint density at radius 3 is 2.50 bits per heavy atom. The zero-order valence-corrected chi connectivity index (χ0v) is 10.0. The number of rotatable bonds is 3. The van der Waals surface area contributed by atoms with Crippen molar-refractivity contribution in [3.63, 3.8) is 0 Å². The van der Waals surface area contributed by atoms with E-state index in [0.717, 1.165) is 29.5 Å². The second kappa shape index (κ2) is 3.67. The molecule has 0 atom stereocenters. The molecule has 2 rings (SSSR count). The Balaban J connectivity index is 2.41. The van der Waals surface area contributed by atoms with Crippen LogP contribution in [-0.4, -0.2) is 22.9 Å². The van der Waals surface area contributed by atoms with Crippen LogP contribution < -0.4 is 4.74 Å².